The largest absolute Gasteiger partial charge is 0.416 e. The molecule has 11 heteroatoms. The van der Waals surface area contributed by atoms with E-state index in [1.165, 1.54) is 24.3 Å². The fraction of sp³-hybridized carbons (Fsp3) is 0.300. The van der Waals surface area contributed by atoms with Crippen molar-refractivity contribution in [1.82, 2.24) is 4.90 Å². The summed E-state index contributed by atoms with van der Waals surface area (Å²) in [6, 6.07) is 8.42. The van der Waals surface area contributed by atoms with Crippen molar-refractivity contribution in [2.24, 2.45) is 5.73 Å². The van der Waals surface area contributed by atoms with Crippen LogP contribution in [0, 0.1) is 10.1 Å². The third-order valence-electron chi connectivity index (χ3n) is 4.73. The van der Waals surface area contributed by atoms with Gasteiger partial charge in [-0.25, -0.2) is 0 Å². The number of alkyl halides is 3. The Balaban J connectivity index is 1.69. The molecule has 0 saturated heterocycles. The van der Waals surface area contributed by atoms with Gasteiger partial charge in [0.15, 0.2) is 0 Å². The van der Waals surface area contributed by atoms with Gasteiger partial charge in [0, 0.05) is 24.2 Å². The fourth-order valence-electron chi connectivity index (χ4n) is 2.96. The van der Waals surface area contributed by atoms with Crippen LogP contribution in [0.15, 0.2) is 47.4 Å². The van der Waals surface area contributed by atoms with Gasteiger partial charge in [0.25, 0.3) is 5.69 Å². The van der Waals surface area contributed by atoms with E-state index in [1.807, 2.05) is 0 Å². The molecule has 0 heterocycles. The van der Waals surface area contributed by atoms with Crippen molar-refractivity contribution < 1.29 is 27.7 Å². The number of hydrogen-bond donors (Lipinski definition) is 1. The van der Waals surface area contributed by atoms with E-state index in [-0.39, 0.29) is 40.4 Å². The summed E-state index contributed by atoms with van der Waals surface area (Å²) in [7, 11) is 0. The number of primary amides is 1. The van der Waals surface area contributed by atoms with Crippen molar-refractivity contribution in [2.45, 2.75) is 36.5 Å². The SMILES string of the molecule is NC(=O)c1ccc(SCC(=O)N(Cc2ccc(C(F)(F)F)cc2)C2CC2)c([N+](=O)[O-])c1. The predicted octanol–water partition coefficient (Wildman–Crippen LogP) is 4.00. The molecule has 0 radical (unpaired) electrons. The number of amides is 2. The number of nitrogens with two attached hydrogens (primary N) is 1. The van der Waals surface area contributed by atoms with Gasteiger partial charge in [0.05, 0.1) is 21.1 Å². The third-order valence-corrected chi connectivity index (χ3v) is 5.78. The Labute approximate surface area is 179 Å². The molecule has 2 N–H and O–H groups in total. The molecular weight excluding hydrogens is 435 g/mol. The first-order valence-electron chi connectivity index (χ1n) is 9.23. The molecule has 3 rings (SSSR count). The van der Waals surface area contributed by atoms with Gasteiger partial charge in [-0.05, 0) is 42.7 Å². The molecule has 164 valence electrons. The van der Waals surface area contributed by atoms with Crippen molar-refractivity contribution in [3.63, 3.8) is 0 Å². The number of carbonyl (C=O) groups is 2. The van der Waals surface area contributed by atoms with Crippen molar-refractivity contribution in [2.75, 3.05) is 5.75 Å². The van der Waals surface area contributed by atoms with Crippen molar-refractivity contribution >= 4 is 29.3 Å². The van der Waals surface area contributed by atoms with Crippen LogP contribution in [0.5, 0.6) is 0 Å². The molecule has 1 fully saturated rings. The second-order valence-corrected chi connectivity index (χ2v) is 8.06. The fourth-order valence-corrected chi connectivity index (χ4v) is 3.85. The van der Waals surface area contributed by atoms with E-state index in [0.29, 0.717) is 5.56 Å². The van der Waals surface area contributed by atoms with Gasteiger partial charge in [0.1, 0.15) is 0 Å². The Kier molecular flexibility index (Phi) is 6.54. The quantitative estimate of drug-likeness (QED) is 0.369. The van der Waals surface area contributed by atoms with E-state index in [1.54, 1.807) is 4.90 Å². The van der Waals surface area contributed by atoms with Gasteiger partial charge in [0.2, 0.25) is 11.8 Å². The average Bonchev–Trinajstić information content (AvgIpc) is 3.54. The van der Waals surface area contributed by atoms with Crippen molar-refractivity contribution in [1.29, 1.82) is 0 Å². The highest BCUT2D eigenvalue weighted by Gasteiger charge is 2.33. The third kappa shape index (κ3) is 5.75. The molecule has 31 heavy (non-hydrogen) atoms. The molecule has 2 aromatic rings. The Hall–Kier alpha value is -3.08. The first-order chi connectivity index (χ1) is 14.6. The molecule has 0 atom stereocenters. The van der Waals surface area contributed by atoms with E-state index in [4.69, 9.17) is 5.73 Å². The van der Waals surface area contributed by atoms with Gasteiger partial charge in [-0.15, -0.1) is 11.8 Å². The van der Waals surface area contributed by atoms with Gasteiger partial charge < -0.3 is 10.6 Å². The second kappa shape index (κ2) is 8.96. The highest BCUT2D eigenvalue weighted by atomic mass is 32.2. The smallest absolute Gasteiger partial charge is 0.366 e. The molecule has 2 aromatic carbocycles. The number of thioether (sulfide) groups is 1. The number of nitro groups is 1. The molecule has 0 aromatic heterocycles. The lowest BCUT2D eigenvalue weighted by Gasteiger charge is -2.22. The zero-order valence-electron chi connectivity index (χ0n) is 16.1. The maximum absolute atomic E-state index is 12.8. The Bertz CT molecular complexity index is 1010. The number of nitrogens with zero attached hydrogens (tertiary/aromatic N) is 2. The van der Waals surface area contributed by atoms with Crippen LogP contribution in [0.4, 0.5) is 18.9 Å². The van der Waals surface area contributed by atoms with Crippen LogP contribution < -0.4 is 5.73 Å². The minimum Gasteiger partial charge on any atom is -0.366 e. The molecule has 1 aliphatic carbocycles. The van der Waals surface area contributed by atoms with E-state index in [9.17, 15) is 32.9 Å². The number of carbonyl (C=O) groups excluding carboxylic acids is 2. The lowest BCUT2D eigenvalue weighted by atomic mass is 10.1. The molecule has 0 spiro atoms. The number of halogens is 3. The Morgan fingerprint density at radius 2 is 1.81 bits per heavy atom. The lowest BCUT2D eigenvalue weighted by molar-refractivity contribution is -0.387. The maximum Gasteiger partial charge on any atom is 0.416 e. The minimum absolute atomic E-state index is 0.00242. The number of hydrogen-bond acceptors (Lipinski definition) is 5. The molecule has 0 bridgehead atoms. The Morgan fingerprint density at radius 3 is 2.32 bits per heavy atom. The van der Waals surface area contributed by atoms with E-state index < -0.39 is 22.6 Å². The van der Waals surface area contributed by atoms with Crippen LogP contribution >= 0.6 is 11.8 Å². The summed E-state index contributed by atoms with van der Waals surface area (Å²) in [5.41, 5.74) is 4.62. The maximum atomic E-state index is 12.8. The zero-order chi connectivity index (χ0) is 22.8. The molecule has 7 nitrogen and oxygen atoms in total. The summed E-state index contributed by atoms with van der Waals surface area (Å²) >= 11 is 0.960. The topological polar surface area (TPSA) is 107 Å². The normalized spacial score (nSPS) is 13.6. The zero-order valence-corrected chi connectivity index (χ0v) is 16.9. The standard InChI is InChI=1S/C20H18F3N3O4S/c21-20(22,23)14-4-1-12(2-5-14)10-25(15-6-7-15)18(27)11-31-17-8-3-13(19(24)28)9-16(17)26(29)30/h1-5,8-9,15H,6-7,10-11H2,(H2,24,28). The summed E-state index contributed by atoms with van der Waals surface area (Å²) in [5, 5.41) is 11.3. The van der Waals surface area contributed by atoms with Crippen LogP contribution in [0.25, 0.3) is 0 Å². The molecular formula is C20H18F3N3O4S. The summed E-state index contributed by atoms with van der Waals surface area (Å²) in [6.45, 7) is 0.158. The highest BCUT2D eigenvalue weighted by Crippen LogP contribution is 2.34. The number of nitro benzene ring substituents is 1. The monoisotopic (exact) mass is 453 g/mol. The Morgan fingerprint density at radius 1 is 1.16 bits per heavy atom. The number of benzene rings is 2. The molecule has 1 saturated carbocycles. The van der Waals surface area contributed by atoms with Crippen LogP contribution in [0.2, 0.25) is 0 Å². The molecule has 1 aliphatic rings. The van der Waals surface area contributed by atoms with E-state index in [2.05, 4.69) is 0 Å². The summed E-state index contributed by atoms with van der Waals surface area (Å²) in [6.07, 6.45) is -2.84. The molecule has 0 unspecified atom stereocenters. The van der Waals surface area contributed by atoms with Crippen LogP contribution in [0.3, 0.4) is 0 Å². The predicted molar refractivity (Wildman–Crippen MR) is 107 cm³/mol. The highest BCUT2D eigenvalue weighted by molar-refractivity contribution is 8.00. The molecule has 2 amide bonds. The van der Waals surface area contributed by atoms with Crippen LogP contribution in [-0.2, 0) is 17.5 Å². The summed E-state index contributed by atoms with van der Waals surface area (Å²) < 4.78 is 38.2. The van der Waals surface area contributed by atoms with Crippen molar-refractivity contribution in [3.8, 4) is 0 Å². The first kappa shape index (κ1) is 22.6. The van der Waals surface area contributed by atoms with Gasteiger partial charge in [-0.1, -0.05) is 12.1 Å². The van der Waals surface area contributed by atoms with Crippen molar-refractivity contribution in [3.05, 3.63) is 69.3 Å². The van der Waals surface area contributed by atoms with E-state index >= 15 is 0 Å². The molecule has 0 aliphatic heterocycles. The second-order valence-electron chi connectivity index (χ2n) is 7.04. The summed E-state index contributed by atoms with van der Waals surface area (Å²) in [5.74, 6) is -1.17. The van der Waals surface area contributed by atoms with Crippen LogP contribution in [0.1, 0.15) is 34.3 Å². The van der Waals surface area contributed by atoms with Gasteiger partial charge in [-0.2, -0.15) is 13.2 Å². The number of rotatable bonds is 8. The minimum atomic E-state index is -4.43. The lowest BCUT2D eigenvalue weighted by Crippen LogP contribution is -2.34. The van der Waals surface area contributed by atoms with E-state index in [0.717, 1.165) is 42.8 Å². The van der Waals surface area contributed by atoms with Gasteiger partial charge in [-0.3, -0.25) is 19.7 Å². The average molecular weight is 453 g/mol. The van der Waals surface area contributed by atoms with Crippen LogP contribution in [-0.4, -0.2) is 33.4 Å². The summed E-state index contributed by atoms with van der Waals surface area (Å²) in [4.78, 5) is 36.5. The first-order valence-corrected chi connectivity index (χ1v) is 10.2. The van der Waals surface area contributed by atoms with Gasteiger partial charge >= 0.3 is 6.18 Å².